The third-order valence-corrected chi connectivity index (χ3v) is 4.52. The number of halogens is 1. The Kier molecular flexibility index (Phi) is 4.60. The molecule has 1 aromatic rings. The van der Waals surface area contributed by atoms with Crippen molar-refractivity contribution in [2.24, 2.45) is 0 Å². The molecule has 0 amide bonds. The number of benzene rings is 1. The monoisotopic (exact) mass is 286 g/mol. The summed E-state index contributed by atoms with van der Waals surface area (Å²) >= 11 is 0. The number of non-ortho nitro benzene ring substituents is 1. The molecule has 1 aromatic carbocycles. The maximum absolute atomic E-state index is 13.2. The fraction of sp³-hybridized carbons (Fsp3) is 0.500. The van der Waals surface area contributed by atoms with Gasteiger partial charge in [0.25, 0.3) is 5.69 Å². The molecule has 0 radical (unpaired) electrons. The van der Waals surface area contributed by atoms with Crippen molar-refractivity contribution >= 4 is 16.5 Å². The second-order valence-corrected chi connectivity index (χ2v) is 6.27. The van der Waals surface area contributed by atoms with E-state index in [0.29, 0.717) is 23.6 Å². The van der Waals surface area contributed by atoms with E-state index in [2.05, 4.69) is 5.32 Å². The first kappa shape index (κ1) is 14.1. The molecule has 7 heteroatoms. The van der Waals surface area contributed by atoms with Gasteiger partial charge in [-0.2, -0.15) is 0 Å². The SMILES string of the molecule is O=[N+]([O-])c1cc(F)cc(CNC2CCS(=O)CC2)c1. The van der Waals surface area contributed by atoms with Crippen LogP contribution in [-0.2, 0) is 17.3 Å². The van der Waals surface area contributed by atoms with Gasteiger partial charge in [-0.25, -0.2) is 4.39 Å². The first-order valence-corrected chi connectivity index (χ1v) is 7.55. The summed E-state index contributed by atoms with van der Waals surface area (Å²) in [7, 11) is -0.712. The Morgan fingerprint density at radius 3 is 2.68 bits per heavy atom. The normalized spacial score (nSPS) is 23.2. The Balaban J connectivity index is 1.95. The van der Waals surface area contributed by atoms with Crippen molar-refractivity contribution in [3.8, 4) is 0 Å². The van der Waals surface area contributed by atoms with E-state index in [1.54, 1.807) is 0 Å². The van der Waals surface area contributed by atoms with Crippen LogP contribution in [-0.4, -0.2) is 26.7 Å². The van der Waals surface area contributed by atoms with Gasteiger partial charge in [0.15, 0.2) is 0 Å². The Hall–Kier alpha value is -1.34. The first-order chi connectivity index (χ1) is 9.04. The largest absolute Gasteiger partial charge is 0.310 e. The first-order valence-electron chi connectivity index (χ1n) is 6.07. The molecule has 1 aliphatic heterocycles. The summed E-state index contributed by atoms with van der Waals surface area (Å²) < 4.78 is 24.4. The molecule has 1 aliphatic rings. The minimum atomic E-state index is -0.712. The molecule has 1 saturated heterocycles. The summed E-state index contributed by atoms with van der Waals surface area (Å²) in [5.41, 5.74) is 0.319. The predicted molar refractivity (Wildman–Crippen MR) is 70.8 cm³/mol. The number of nitrogens with one attached hydrogen (secondary N) is 1. The van der Waals surface area contributed by atoms with Crippen molar-refractivity contribution in [2.45, 2.75) is 25.4 Å². The lowest BCUT2D eigenvalue weighted by Crippen LogP contribution is -2.35. The highest BCUT2D eigenvalue weighted by atomic mass is 32.2. The standard InChI is InChI=1S/C12H15FN2O3S/c13-10-5-9(6-12(7-10)15(16)17)8-14-11-1-3-19(18)4-2-11/h5-7,11,14H,1-4,8H2. The van der Waals surface area contributed by atoms with E-state index in [-0.39, 0.29) is 11.7 Å². The van der Waals surface area contributed by atoms with Crippen LogP contribution in [0.25, 0.3) is 0 Å². The van der Waals surface area contributed by atoms with Crippen LogP contribution in [0.3, 0.4) is 0 Å². The van der Waals surface area contributed by atoms with Gasteiger partial charge in [-0.15, -0.1) is 0 Å². The highest BCUT2D eigenvalue weighted by molar-refractivity contribution is 7.85. The highest BCUT2D eigenvalue weighted by Crippen LogP contribution is 2.17. The summed E-state index contributed by atoms with van der Waals surface area (Å²) in [5, 5.41) is 13.9. The fourth-order valence-corrected chi connectivity index (χ4v) is 3.40. The average Bonchev–Trinajstić information content (AvgIpc) is 2.37. The van der Waals surface area contributed by atoms with Crippen molar-refractivity contribution in [1.29, 1.82) is 0 Å². The molecule has 5 nitrogen and oxygen atoms in total. The van der Waals surface area contributed by atoms with Crippen LogP contribution < -0.4 is 5.32 Å². The summed E-state index contributed by atoms with van der Waals surface area (Å²) in [4.78, 5) is 10.0. The van der Waals surface area contributed by atoms with Crippen LogP contribution in [0.2, 0.25) is 0 Å². The fourth-order valence-electron chi connectivity index (χ4n) is 2.10. The number of nitrogens with zero attached hydrogens (tertiary/aromatic N) is 1. The lowest BCUT2D eigenvalue weighted by Gasteiger charge is -2.22. The van der Waals surface area contributed by atoms with E-state index in [9.17, 15) is 18.7 Å². The molecule has 0 spiro atoms. The van der Waals surface area contributed by atoms with E-state index >= 15 is 0 Å². The average molecular weight is 286 g/mol. The quantitative estimate of drug-likeness (QED) is 0.676. The molecule has 1 fully saturated rings. The Morgan fingerprint density at radius 1 is 1.37 bits per heavy atom. The zero-order valence-corrected chi connectivity index (χ0v) is 11.1. The molecule has 1 heterocycles. The second-order valence-electron chi connectivity index (χ2n) is 4.58. The molecular formula is C12H15FN2O3S. The highest BCUT2D eigenvalue weighted by Gasteiger charge is 2.17. The van der Waals surface area contributed by atoms with Crippen molar-refractivity contribution in [3.05, 3.63) is 39.7 Å². The topological polar surface area (TPSA) is 72.2 Å². The molecule has 2 rings (SSSR count). The lowest BCUT2D eigenvalue weighted by molar-refractivity contribution is -0.385. The smallest absolute Gasteiger partial charge is 0.272 e. The third-order valence-electron chi connectivity index (χ3n) is 3.14. The van der Waals surface area contributed by atoms with Gasteiger partial charge < -0.3 is 5.32 Å². The van der Waals surface area contributed by atoms with Gasteiger partial charge in [-0.1, -0.05) is 0 Å². The van der Waals surface area contributed by atoms with Crippen LogP contribution >= 0.6 is 0 Å². The molecule has 0 aliphatic carbocycles. The van der Waals surface area contributed by atoms with E-state index in [0.717, 1.165) is 18.9 Å². The third kappa shape index (κ3) is 4.07. The van der Waals surface area contributed by atoms with E-state index in [1.165, 1.54) is 12.1 Å². The maximum Gasteiger partial charge on any atom is 0.272 e. The molecule has 0 bridgehead atoms. The molecule has 0 unspecified atom stereocenters. The Bertz CT molecular complexity index is 500. The predicted octanol–water partition coefficient (Wildman–Crippen LogP) is 1.73. The van der Waals surface area contributed by atoms with E-state index in [1.807, 2.05) is 0 Å². The molecule has 1 N–H and O–H groups in total. The van der Waals surface area contributed by atoms with E-state index < -0.39 is 21.5 Å². The number of nitro benzene ring substituents is 1. The van der Waals surface area contributed by atoms with Gasteiger partial charge >= 0.3 is 0 Å². The number of nitro groups is 1. The van der Waals surface area contributed by atoms with Crippen LogP contribution in [0, 0.1) is 15.9 Å². The van der Waals surface area contributed by atoms with Crippen LogP contribution in [0.4, 0.5) is 10.1 Å². The van der Waals surface area contributed by atoms with Crippen LogP contribution in [0.15, 0.2) is 18.2 Å². The van der Waals surface area contributed by atoms with Crippen molar-refractivity contribution in [2.75, 3.05) is 11.5 Å². The van der Waals surface area contributed by atoms with E-state index in [4.69, 9.17) is 0 Å². The molecule has 0 aromatic heterocycles. The van der Waals surface area contributed by atoms with Crippen molar-refractivity contribution in [1.82, 2.24) is 5.32 Å². The second kappa shape index (κ2) is 6.21. The van der Waals surface area contributed by atoms with Gasteiger partial charge in [0.1, 0.15) is 5.82 Å². The van der Waals surface area contributed by atoms with Crippen LogP contribution in [0.1, 0.15) is 18.4 Å². The summed E-state index contributed by atoms with van der Waals surface area (Å²) in [6, 6.07) is 3.82. The minimum absolute atomic E-state index is 0.235. The van der Waals surface area contributed by atoms with Gasteiger partial charge in [0.05, 0.1) is 11.0 Å². The number of rotatable bonds is 4. The summed E-state index contributed by atoms with van der Waals surface area (Å²) in [6.07, 6.45) is 1.65. The molecule has 0 saturated carbocycles. The number of hydrogen-bond acceptors (Lipinski definition) is 4. The zero-order chi connectivity index (χ0) is 13.8. The van der Waals surface area contributed by atoms with Crippen molar-refractivity contribution in [3.63, 3.8) is 0 Å². The van der Waals surface area contributed by atoms with Gasteiger partial charge in [0, 0.05) is 41.0 Å². The number of hydrogen-bond donors (Lipinski definition) is 1. The minimum Gasteiger partial charge on any atom is -0.310 e. The van der Waals surface area contributed by atoms with Crippen molar-refractivity contribution < 1.29 is 13.5 Å². The Labute approximate surface area is 112 Å². The van der Waals surface area contributed by atoms with Gasteiger partial charge in [-0.3, -0.25) is 14.3 Å². The Morgan fingerprint density at radius 2 is 2.05 bits per heavy atom. The van der Waals surface area contributed by atoms with Gasteiger partial charge in [-0.05, 0) is 24.5 Å². The molecule has 104 valence electrons. The lowest BCUT2D eigenvalue weighted by atomic mass is 10.1. The summed E-state index contributed by atoms with van der Waals surface area (Å²) in [5.74, 6) is 0.762. The van der Waals surface area contributed by atoms with Gasteiger partial charge in [0.2, 0.25) is 0 Å². The summed E-state index contributed by atoms with van der Waals surface area (Å²) in [6.45, 7) is 0.385. The molecule has 0 atom stereocenters. The molecule has 19 heavy (non-hydrogen) atoms. The van der Waals surface area contributed by atoms with Crippen LogP contribution in [0.5, 0.6) is 0 Å². The molecular weight excluding hydrogens is 271 g/mol. The maximum atomic E-state index is 13.2. The zero-order valence-electron chi connectivity index (χ0n) is 10.3.